The van der Waals surface area contributed by atoms with E-state index in [1.54, 1.807) is 30.1 Å². The maximum absolute atomic E-state index is 12.0. The fraction of sp³-hybridized carbons (Fsp3) is 0.294. The molecule has 118 valence electrons. The Morgan fingerprint density at radius 2 is 2.13 bits per heavy atom. The Bertz CT molecular complexity index is 800. The molecule has 1 aliphatic heterocycles. The molecular weight excluding hydrogens is 312 g/mol. The Morgan fingerprint density at radius 1 is 1.30 bits per heavy atom. The van der Waals surface area contributed by atoms with Gasteiger partial charge in [0.25, 0.3) is 0 Å². The van der Waals surface area contributed by atoms with Crippen LogP contribution in [0.5, 0.6) is 0 Å². The first kappa shape index (κ1) is 15.4. The van der Waals surface area contributed by atoms with Crippen LogP contribution in [0.1, 0.15) is 17.1 Å². The van der Waals surface area contributed by atoms with Crippen LogP contribution >= 0.6 is 11.6 Å². The van der Waals surface area contributed by atoms with E-state index in [2.05, 4.69) is 21.4 Å². The second kappa shape index (κ2) is 6.35. The molecule has 0 spiro atoms. The number of nitrogens with zero attached hydrogens (tertiary/aromatic N) is 4. The van der Waals surface area contributed by atoms with Gasteiger partial charge in [0.05, 0.1) is 12.7 Å². The van der Waals surface area contributed by atoms with E-state index in [0.29, 0.717) is 24.7 Å². The molecule has 0 bridgehead atoms. The molecule has 0 unspecified atom stereocenters. The van der Waals surface area contributed by atoms with Gasteiger partial charge < -0.3 is 14.4 Å². The molecule has 0 saturated carbocycles. The van der Waals surface area contributed by atoms with Gasteiger partial charge in [0, 0.05) is 37.8 Å². The van der Waals surface area contributed by atoms with Gasteiger partial charge in [0.1, 0.15) is 11.5 Å². The van der Waals surface area contributed by atoms with Crippen LogP contribution in [0, 0.1) is 11.8 Å². The molecule has 2 heterocycles. The average Bonchev–Trinajstić information content (AvgIpc) is 2.94. The lowest BCUT2D eigenvalue weighted by Gasteiger charge is -2.30. The molecule has 1 aromatic heterocycles. The summed E-state index contributed by atoms with van der Waals surface area (Å²) in [6.07, 6.45) is 1.76. The number of hydrogen-bond acceptors (Lipinski definition) is 2. The Labute approximate surface area is 140 Å². The number of imidazole rings is 1. The van der Waals surface area contributed by atoms with Crippen molar-refractivity contribution in [3.05, 3.63) is 52.6 Å². The second-order valence-corrected chi connectivity index (χ2v) is 6.01. The number of fused-ring (bicyclic) bond motifs is 1. The van der Waals surface area contributed by atoms with Crippen LogP contribution in [0.15, 0.2) is 30.5 Å². The second-order valence-electron chi connectivity index (χ2n) is 5.57. The molecule has 0 N–H and O–H groups in total. The van der Waals surface area contributed by atoms with Gasteiger partial charge in [-0.3, -0.25) is 0 Å². The number of hydrogen-bond donors (Lipinski definition) is 0. The number of carbonyl (C=O) groups is 1. The highest BCUT2D eigenvalue weighted by molar-refractivity contribution is 6.30. The molecule has 3 rings (SSSR count). The molecule has 23 heavy (non-hydrogen) atoms. The van der Waals surface area contributed by atoms with Gasteiger partial charge in [-0.2, -0.15) is 0 Å². The van der Waals surface area contributed by atoms with Gasteiger partial charge in [-0.25, -0.2) is 9.78 Å². The van der Waals surface area contributed by atoms with Crippen LogP contribution < -0.4 is 0 Å². The van der Waals surface area contributed by atoms with Crippen molar-refractivity contribution >= 4 is 17.6 Å². The van der Waals surface area contributed by atoms with Crippen LogP contribution in [0.3, 0.4) is 0 Å². The normalized spacial score (nSPS) is 13.1. The summed E-state index contributed by atoms with van der Waals surface area (Å²) in [6.45, 7) is 1.87. The minimum atomic E-state index is 0.00538. The minimum Gasteiger partial charge on any atom is -0.331 e. The lowest BCUT2D eigenvalue weighted by molar-refractivity contribution is 0.156. The van der Waals surface area contributed by atoms with E-state index in [-0.39, 0.29) is 6.03 Å². The standard InChI is InChI=1S/C17H17ClN4O/c1-20(2)17(23)21-8-9-22-15(11-19-16(22)12-21)7-6-13-4-3-5-14(18)10-13/h3-5,10-11H,8-9,12H2,1-2H3. The van der Waals surface area contributed by atoms with Crippen LogP contribution in [0.4, 0.5) is 4.79 Å². The van der Waals surface area contributed by atoms with Crippen molar-refractivity contribution in [2.45, 2.75) is 13.1 Å². The van der Waals surface area contributed by atoms with E-state index in [1.807, 2.05) is 24.3 Å². The largest absolute Gasteiger partial charge is 0.331 e. The SMILES string of the molecule is CN(C)C(=O)N1CCn2c(C#Cc3cccc(Cl)c3)cnc2C1. The van der Waals surface area contributed by atoms with Gasteiger partial charge in [-0.15, -0.1) is 0 Å². The Balaban J connectivity index is 1.80. The fourth-order valence-electron chi connectivity index (χ4n) is 2.51. The zero-order valence-electron chi connectivity index (χ0n) is 13.1. The van der Waals surface area contributed by atoms with E-state index in [1.165, 1.54) is 0 Å². The van der Waals surface area contributed by atoms with Crippen molar-refractivity contribution in [3.8, 4) is 11.8 Å². The lowest BCUT2D eigenvalue weighted by Crippen LogP contribution is -2.43. The van der Waals surface area contributed by atoms with Gasteiger partial charge in [0.2, 0.25) is 0 Å². The number of aromatic nitrogens is 2. The first-order valence-corrected chi connectivity index (χ1v) is 7.70. The molecule has 0 radical (unpaired) electrons. The molecule has 1 aromatic carbocycles. The lowest BCUT2D eigenvalue weighted by atomic mass is 10.2. The first-order valence-electron chi connectivity index (χ1n) is 7.33. The third kappa shape index (κ3) is 3.33. The molecule has 1 aliphatic rings. The van der Waals surface area contributed by atoms with Crippen LogP contribution in [-0.4, -0.2) is 46.0 Å². The first-order chi connectivity index (χ1) is 11.0. The minimum absolute atomic E-state index is 0.00538. The van der Waals surface area contributed by atoms with E-state index in [4.69, 9.17) is 11.6 Å². The predicted molar refractivity (Wildman–Crippen MR) is 89.2 cm³/mol. The van der Waals surface area contributed by atoms with Crippen LogP contribution in [0.25, 0.3) is 0 Å². The molecule has 6 heteroatoms. The number of benzene rings is 1. The summed E-state index contributed by atoms with van der Waals surface area (Å²) in [7, 11) is 3.51. The molecule has 0 atom stereocenters. The number of rotatable bonds is 0. The molecular formula is C17H17ClN4O. The van der Waals surface area contributed by atoms with Crippen LogP contribution in [-0.2, 0) is 13.1 Å². The quantitative estimate of drug-likeness (QED) is 0.697. The molecule has 0 saturated heterocycles. The maximum Gasteiger partial charge on any atom is 0.319 e. The topological polar surface area (TPSA) is 41.4 Å². The summed E-state index contributed by atoms with van der Waals surface area (Å²) in [5, 5.41) is 0.671. The number of urea groups is 1. The summed E-state index contributed by atoms with van der Waals surface area (Å²) in [4.78, 5) is 19.8. The van der Waals surface area contributed by atoms with E-state index in [9.17, 15) is 4.79 Å². The van der Waals surface area contributed by atoms with Gasteiger partial charge in [-0.1, -0.05) is 23.6 Å². The highest BCUT2D eigenvalue weighted by Gasteiger charge is 2.23. The van der Waals surface area contributed by atoms with E-state index >= 15 is 0 Å². The van der Waals surface area contributed by atoms with Gasteiger partial charge in [-0.05, 0) is 24.1 Å². The van der Waals surface area contributed by atoms with Gasteiger partial charge in [0.15, 0.2) is 0 Å². The zero-order chi connectivity index (χ0) is 16.4. The summed E-state index contributed by atoms with van der Waals surface area (Å²) in [5.41, 5.74) is 1.73. The van der Waals surface area contributed by atoms with Crippen molar-refractivity contribution < 1.29 is 4.79 Å². The molecule has 5 nitrogen and oxygen atoms in total. The summed E-state index contributed by atoms with van der Waals surface area (Å²) < 4.78 is 2.07. The molecule has 0 aliphatic carbocycles. The van der Waals surface area contributed by atoms with Crippen molar-refractivity contribution in [3.63, 3.8) is 0 Å². The highest BCUT2D eigenvalue weighted by Crippen LogP contribution is 2.15. The maximum atomic E-state index is 12.0. The smallest absolute Gasteiger partial charge is 0.319 e. The Hall–Kier alpha value is -2.45. The highest BCUT2D eigenvalue weighted by atomic mass is 35.5. The van der Waals surface area contributed by atoms with Crippen molar-refractivity contribution in [1.82, 2.24) is 19.4 Å². The molecule has 2 amide bonds. The summed E-state index contributed by atoms with van der Waals surface area (Å²) >= 11 is 5.97. The molecule has 2 aromatic rings. The van der Waals surface area contributed by atoms with Crippen LogP contribution in [0.2, 0.25) is 5.02 Å². The Kier molecular flexibility index (Phi) is 4.26. The number of carbonyl (C=O) groups excluding carboxylic acids is 1. The van der Waals surface area contributed by atoms with Crippen molar-refractivity contribution in [1.29, 1.82) is 0 Å². The van der Waals surface area contributed by atoms with Crippen molar-refractivity contribution in [2.75, 3.05) is 20.6 Å². The van der Waals surface area contributed by atoms with Crippen molar-refractivity contribution in [2.24, 2.45) is 0 Å². The zero-order valence-corrected chi connectivity index (χ0v) is 13.8. The third-order valence-electron chi connectivity index (χ3n) is 3.68. The van der Waals surface area contributed by atoms with Gasteiger partial charge >= 0.3 is 6.03 Å². The van der Waals surface area contributed by atoms with E-state index < -0.39 is 0 Å². The summed E-state index contributed by atoms with van der Waals surface area (Å²) in [6, 6.07) is 7.46. The Morgan fingerprint density at radius 3 is 2.87 bits per heavy atom. The van der Waals surface area contributed by atoms with E-state index in [0.717, 1.165) is 17.1 Å². The third-order valence-corrected chi connectivity index (χ3v) is 3.91. The molecule has 0 fully saturated rings. The number of halogens is 1. The average molecular weight is 329 g/mol. The monoisotopic (exact) mass is 328 g/mol. The predicted octanol–water partition coefficient (Wildman–Crippen LogP) is 2.43. The summed E-state index contributed by atoms with van der Waals surface area (Å²) in [5.74, 6) is 7.11. The fourth-order valence-corrected chi connectivity index (χ4v) is 2.70. The number of amides is 2.